The Balaban J connectivity index is -0.0000000270. The van der Waals surface area contributed by atoms with Gasteiger partial charge in [-0.15, -0.1) is 0 Å². The van der Waals surface area contributed by atoms with Gasteiger partial charge in [-0.3, -0.25) is 0 Å². The molecule has 0 amide bonds. The van der Waals surface area contributed by atoms with Gasteiger partial charge < -0.3 is 0 Å². The van der Waals surface area contributed by atoms with E-state index in [1.54, 1.807) is 0 Å². The van der Waals surface area contributed by atoms with Crippen molar-refractivity contribution in [1.82, 2.24) is 0 Å². The van der Waals surface area contributed by atoms with Crippen LogP contribution in [0.4, 0.5) is 0 Å². The van der Waals surface area contributed by atoms with E-state index in [4.69, 9.17) is 30.3 Å². The van der Waals surface area contributed by atoms with Crippen molar-refractivity contribution in [1.29, 1.82) is 0 Å². The van der Waals surface area contributed by atoms with E-state index in [1.165, 1.54) is 0 Å². The summed E-state index contributed by atoms with van der Waals surface area (Å²) >= 11 is -13.0. The fraction of sp³-hybridized carbons (Fsp3) is 0. The topological polar surface area (TPSA) is 172 Å². The molecule has 0 aliphatic carbocycles. The summed E-state index contributed by atoms with van der Waals surface area (Å²) in [6.45, 7) is 0. The fourth-order valence-electron chi connectivity index (χ4n) is 0. The number of hydrogen-bond donors (Lipinski definition) is 0. The summed E-state index contributed by atoms with van der Waals surface area (Å²) in [5, 5.41) is 0. The standard InChI is InChI=1S/Bi.Mn.9O.3Ta/q+3;;;;;;;;3*-1;;;. The maximum atomic E-state index is 8.62. The first-order valence-electron chi connectivity index (χ1n) is 1.64. The molecule has 0 heterocycles. The summed E-state index contributed by atoms with van der Waals surface area (Å²) in [6.07, 6.45) is 0. The van der Waals surface area contributed by atoms with Gasteiger partial charge in [-0.05, 0) is 0 Å². The predicted molar refractivity (Wildman–Crippen MR) is 9.87 cm³/mol. The first kappa shape index (κ1) is 29.9. The number of hydrogen-bond acceptors (Lipinski definition) is 9. The van der Waals surface area contributed by atoms with E-state index in [9.17, 15) is 0 Å². The molecule has 0 rings (SSSR count). The van der Waals surface area contributed by atoms with Gasteiger partial charge in [0, 0.05) is 17.1 Å². The van der Waals surface area contributed by atoms with Gasteiger partial charge in [0.1, 0.15) is 0 Å². The molecule has 14 heteroatoms. The van der Waals surface area contributed by atoms with Crippen molar-refractivity contribution in [3.05, 3.63) is 0 Å². The molecule has 0 aromatic heterocycles. The van der Waals surface area contributed by atoms with Crippen molar-refractivity contribution in [3.63, 3.8) is 0 Å². The normalized spacial score (nSPS) is 5.36. The molecule has 0 saturated heterocycles. The van der Waals surface area contributed by atoms with Gasteiger partial charge in [0.25, 0.3) is 0 Å². The van der Waals surface area contributed by atoms with Crippen LogP contribution in [0, 0.1) is 0 Å². The Morgan fingerprint density at radius 2 is 0.571 bits per heavy atom. The molecule has 0 aromatic rings. The fourth-order valence-corrected chi connectivity index (χ4v) is 0. The van der Waals surface area contributed by atoms with Gasteiger partial charge in [0.05, 0.1) is 0 Å². The van der Waals surface area contributed by atoms with E-state index in [0.717, 1.165) is 0 Å². The third-order valence-electron chi connectivity index (χ3n) is 0. The Hall–Kier alpha value is 2.30. The summed E-state index contributed by atoms with van der Waals surface area (Å²) in [7, 11) is 0. The van der Waals surface area contributed by atoms with Crippen LogP contribution in [-0.2, 0) is 92.9 Å². The first-order valence-corrected chi connectivity index (χ1v) is 13.4. The van der Waals surface area contributed by atoms with Crippen LogP contribution >= 0.6 is 0 Å². The summed E-state index contributed by atoms with van der Waals surface area (Å²) in [5.41, 5.74) is 0. The van der Waals surface area contributed by atoms with Crippen molar-refractivity contribution < 1.29 is 104 Å². The molecule has 81 valence electrons. The van der Waals surface area contributed by atoms with Crippen molar-refractivity contribution in [2.75, 3.05) is 0 Å². The quantitative estimate of drug-likeness (QED) is 0.217. The van der Waals surface area contributed by atoms with E-state index in [2.05, 4.69) is 0 Å². The van der Waals surface area contributed by atoms with Crippen LogP contribution in [0.15, 0.2) is 0 Å². The van der Waals surface area contributed by atoms with E-state index in [1.807, 2.05) is 0 Å². The zero-order valence-electron chi connectivity index (χ0n) is 5.84. The molecule has 0 unspecified atom stereocenters. The molecule has 3 radical (unpaired) electrons. The van der Waals surface area contributed by atoms with Crippen molar-refractivity contribution in [3.8, 4) is 0 Å². The first-order chi connectivity index (χ1) is 5.20. The molecule has 0 aromatic carbocycles. The van der Waals surface area contributed by atoms with E-state index < -0.39 is 56.4 Å². The second kappa shape index (κ2) is 24.5. The summed E-state index contributed by atoms with van der Waals surface area (Å²) in [5.74, 6) is 0. The van der Waals surface area contributed by atoms with Crippen molar-refractivity contribution >= 4 is 26.2 Å². The van der Waals surface area contributed by atoms with E-state index in [-0.39, 0.29) is 43.3 Å². The molecule has 0 bridgehead atoms. The average Bonchev–Trinajstić information content (AvgIpc) is 1.54. The molecular formula is BiMnO9Ta3. The average molecular weight is 951 g/mol. The molecule has 9 nitrogen and oxygen atoms in total. The minimum absolute atomic E-state index is 0. The van der Waals surface area contributed by atoms with Crippen molar-refractivity contribution in [2.24, 2.45) is 0 Å². The van der Waals surface area contributed by atoms with Gasteiger partial charge >= 0.3 is 113 Å². The van der Waals surface area contributed by atoms with Gasteiger partial charge in [-0.1, -0.05) is 0 Å². The third kappa shape index (κ3) is 477. The third-order valence-corrected chi connectivity index (χ3v) is 0. The molecule has 0 spiro atoms. The SMILES string of the molecule is [Bi+3].[Mn].[O]=[Ta](=[O])[O-].[O]=[Ta](=[O])[O-].[O]=[Ta](=[O])[O-]. The van der Waals surface area contributed by atoms with Crippen LogP contribution in [0.2, 0.25) is 0 Å². The van der Waals surface area contributed by atoms with Crippen LogP contribution in [0.1, 0.15) is 0 Å². The molecule has 0 aliphatic heterocycles. The van der Waals surface area contributed by atoms with Crippen LogP contribution in [0.3, 0.4) is 0 Å². The Bertz CT molecular complexity index is 213. The maximum absolute atomic E-state index is 8.62. The molecule has 0 N–H and O–H groups in total. The van der Waals surface area contributed by atoms with Gasteiger partial charge in [0.15, 0.2) is 0 Å². The van der Waals surface area contributed by atoms with Crippen LogP contribution in [0.5, 0.6) is 0 Å². The van der Waals surface area contributed by atoms with Crippen molar-refractivity contribution in [2.45, 2.75) is 0 Å². The zero-order valence-corrected chi connectivity index (χ0v) is 20.1. The van der Waals surface area contributed by atoms with Crippen LogP contribution in [-0.4, -0.2) is 26.2 Å². The number of rotatable bonds is 0. The Kier molecular flexibility index (Phi) is 52.3. The van der Waals surface area contributed by atoms with E-state index in [0.29, 0.717) is 0 Å². The Morgan fingerprint density at radius 1 is 0.571 bits per heavy atom. The Morgan fingerprint density at radius 3 is 0.571 bits per heavy atom. The molecule has 0 aliphatic rings. The monoisotopic (exact) mass is 951 g/mol. The summed E-state index contributed by atoms with van der Waals surface area (Å²) in [4.78, 5) is 0. The zero-order chi connectivity index (χ0) is 10.7. The van der Waals surface area contributed by atoms with Gasteiger partial charge in [-0.2, -0.15) is 0 Å². The second-order valence-corrected chi connectivity index (χ2v) is 5.49. The predicted octanol–water partition coefficient (Wildman–Crippen LogP) is -4.67. The summed E-state index contributed by atoms with van der Waals surface area (Å²) in [6, 6.07) is 0. The Labute approximate surface area is 128 Å². The van der Waals surface area contributed by atoms with E-state index >= 15 is 0 Å². The summed E-state index contributed by atoms with van der Waals surface area (Å²) < 4.78 is 77.6. The molecule has 0 fully saturated rings. The minimum atomic E-state index is -4.34. The van der Waals surface area contributed by atoms with Gasteiger partial charge in [-0.25, -0.2) is 0 Å². The molecule has 0 atom stereocenters. The molecule has 14 heavy (non-hydrogen) atoms. The second-order valence-electron chi connectivity index (χ2n) is 0.671. The van der Waals surface area contributed by atoms with Crippen LogP contribution in [0.25, 0.3) is 0 Å². The van der Waals surface area contributed by atoms with Gasteiger partial charge in [0.2, 0.25) is 0 Å². The molecular weight excluding hydrogens is 951 g/mol. The van der Waals surface area contributed by atoms with Crippen LogP contribution < -0.4 is 10.8 Å². The molecule has 0 saturated carbocycles.